The Labute approximate surface area is 116 Å². The van der Waals surface area contributed by atoms with E-state index < -0.39 is 0 Å². The van der Waals surface area contributed by atoms with Gasteiger partial charge in [0.1, 0.15) is 10.8 Å². The van der Waals surface area contributed by atoms with Crippen LogP contribution in [0.3, 0.4) is 0 Å². The van der Waals surface area contributed by atoms with Crippen LogP contribution >= 0.6 is 23.2 Å². The first-order valence-corrected chi connectivity index (χ1v) is 6.22. The summed E-state index contributed by atoms with van der Waals surface area (Å²) in [7, 11) is 0. The highest BCUT2D eigenvalue weighted by Gasteiger charge is 2.15. The summed E-state index contributed by atoms with van der Waals surface area (Å²) in [5.74, 6) is -0.269. The maximum Gasteiger partial charge on any atom is 0.214 e. The van der Waals surface area contributed by atoms with Gasteiger partial charge in [-0.05, 0) is 0 Å². The van der Waals surface area contributed by atoms with E-state index in [0.29, 0.717) is 5.56 Å². The maximum absolute atomic E-state index is 11.9. The van der Waals surface area contributed by atoms with Gasteiger partial charge in [-0.25, -0.2) is 9.97 Å². The van der Waals surface area contributed by atoms with Crippen LogP contribution in [0.5, 0.6) is 0 Å². The fraction of sp³-hybridized carbons (Fsp3) is 0.154. The molecular formula is C13H12Cl2N2O. The van der Waals surface area contributed by atoms with E-state index >= 15 is 0 Å². The van der Waals surface area contributed by atoms with Gasteiger partial charge in [-0.2, -0.15) is 0 Å². The van der Waals surface area contributed by atoms with Crippen molar-refractivity contribution in [2.75, 3.05) is 0 Å². The van der Waals surface area contributed by atoms with Gasteiger partial charge in [-0.3, -0.25) is 4.79 Å². The first-order valence-electron chi connectivity index (χ1n) is 5.46. The molecule has 2 aromatic rings. The lowest BCUT2D eigenvalue weighted by Gasteiger charge is -2.01. The largest absolute Gasteiger partial charge is 0.287 e. The van der Waals surface area contributed by atoms with Crippen molar-refractivity contribution in [1.29, 1.82) is 0 Å². The lowest BCUT2D eigenvalue weighted by Crippen LogP contribution is -2.05. The third-order valence-electron chi connectivity index (χ3n) is 1.95. The van der Waals surface area contributed by atoms with E-state index in [4.69, 9.17) is 23.2 Å². The Hall–Kier alpha value is -1.45. The van der Waals surface area contributed by atoms with Gasteiger partial charge in [0.2, 0.25) is 5.78 Å². The normalized spacial score (nSPS) is 9.33. The molecule has 0 atom stereocenters. The van der Waals surface area contributed by atoms with Gasteiger partial charge in [0.25, 0.3) is 0 Å². The van der Waals surface area contributed by atoms with Crippen LogP contribution in [-0.4, -0.2) is 15.8 Å². The fourth-order valence-electron chi connectivity index (χ4n) is 1.23. The zero-order valence-electron chi connectivity index (χ0n) is 10.0. The Balaban J connectivity index is 0.000000771. The van der Waals surface area contributed by atoms with Gasteiger partial charge in [0.05, 0.1) is 6.20 Å². The summed E-state index contributed by atoms with van der Waals surface area (Å²) in [6, 6.07) is 8.74. The van der Waals surface area contributed by atoms with Crippen molar-refractivity contribution in [2.45, 2.75) is 13.8 Å². The van der Waals surface area contributed by atoms with E-state index in [-0.39, 0.29) is 21.8 Å². The first kappa shape index (κ1) is 14.6. The molecule has 1 heterocycles. The number of carbonyl (C=O) groups excluding carboxylic acids is 1. The van der Waals surface area contributed by atoms with Crippen LogP contribution in [0.25, 0.3) is 0 Å². The van der Waals surface area contributed by atoms with Gasteiger partial charge in [0.15, 0.2) is 5.15 Å². The summed E-state index contributed by atoms with van der Waals surface area (Å²) in [5.41, 5.74) is 0.623. The Morgan fingerprint density at radius 3 is 2.28 bits per heavy atom. The minimum atomic E-state index is -0.269. The molecule has 0 unspecified atom stereocenters. The topological polar surface area (TPSA) is 42.9 Å². The quantitative estimate of drug-likeness (QED) is 0.781. The minimum Gasteiger partial charge on any atom is -0.287 e. The van der Waals surface area contributed by atoms with Crippen molar-refractivity contribution in [2.24, 2.45) is 0 Å². The van der Waals surface area contributed by atoms with Crippen LogP contribution in [0.2, 0.25) is 10.3 Å². The van der Waals surface area contributed by atoms with Crippen molar-refractivity contribution < 1.29 is 4.79 Å². The van der Waals surface area contributed by atoms with Gasteiger partial charge >= 0.3 is 0 Å². The van der Waals surface area contributed by atoms with Crippen LogP contribution in [0.4, 0.5) is 0 Å². The fourth-order valence-corrected chi connectivity index (χ4v) is 1.63. The number of rotatable bonds is 2. The van der Waals surface area contributed by atoms with Crippen LogP contribution in [0, 0.1) is 0 Å². The average Bonchev–Trinajstić information content (AvgIpc) is 2.41. The summed E-state index contributed by atoms with van der Waals surface area (Å²) >= 11 is 11.4. The average molecular weight is 283 g/mol. The van der Waals surface area contributed by atoms with Crippen molar-refractivity contribution in [3.63, 3.8) is 0 Å². The van der Waals surface area contributed by atoms with E-state index in [9.17, 15) is 4.79 Å². The van der Waals surface area contributed by atoms with Gasteiger partial charge in [0, 0.05) is 5.56 Å². The molecule has 94 valence electrons. The number of ketones is 1. The number of nitrogens with zero attached hydrogens (tertiary/aromatic N) is 2. The number of carbonyl (C=O) groups is 1. The lowest BCUT2D eigenvalue weighted by molar-refractivity contribution is 0.103. The van der Waals surface area contributed by atoms with E-state index in [2.05, 4.69) is 9.97 Å². The summed E-state index contributed by atoms with van der Waals surface area (Å²) < 4.78 is 0. The van der Waals surface area contributed by atoms with E-state index in [0.717, 1.165) is 0 Å². The van der Waals surface area contributed by atoms with Gasteiger partial charge in [-0.15, -0.1) is 0 Å². The SMILES string of the molecule is CC.O=C(c1ccccc1)c1ncc(Cl)nc1Cl. The molecule has 0 aliphatic carbocycles. The third kappa shape index (κ3) is 3.52. The van der Waals surface area contributed by atoms with Crippen molar-refractivity contribution in [1.82, 2.24) is 9.97 Å². The summed E-state index contributed by atoms with van der Waals surface area (Å²) in [6.45, 7) is 4.00. The Bertz CT molecular complexity index is 530. The number of aromatic nitrogens is 2. The number of halogens is 2. The zero-order valence-corrected chi connectivity index (χ0v) is 11.5. The molecule has 0 bridgehead atoms. The van der Waals surface area contributed by atoms with E-state index in [1.165, 1.54) is 6.20 Å². The third-order valence-corrected chi connectivity index (χ3v) is 2.40. The number of hydrogen-bond donors (Lipinski definition) is 0. The predicted molar refractivity (Wildman–Crippen MR) is 73.3 cm³/mol. The van der Waals surface area contributed by atoms with E-state index in [1.807, 2.05) is 19.9 Å². The van der Waals surface area contributed by atoms with Crippen LogP contribution < -0.4 is 0 Å². The highest BCUT2D eigenvalue weighted by molar-refractivity contribution is 6.35. The molecule has 0 amide bonds. The molecule has 1 aromatic carbocycles. The van der Waals surface area contributed by atoms with Crippen molar-refractivity contribution in [3.05, 3.63) is 58.1 Å². The minimum absolute atomic E-state index is 0.0151. The lowest BCUT2D eigenvalue weighted by atomic mass is 10.1. The summed E-state index contributed by atoms with van der Waals surface area (Å²) in [4.78, 5) is 19.6. The van der Waals surface area contributed by atoms with Crippen molar-refractivity contribution >= 4 is 29.0 Å². The maximum atomic E-state index is 11.9. The Morgan fingerprint density at radius 1 is 1.11 bits per heavy atom. The molecule has 3 nitrogen and oxygen atoms in total. The molecule has 0 saturated heterocycles. The monoisotopic (exact) mass is 282 g/mol. The molecular weight excluding hydrogens is 271 g/mol. The molecule has 0 aliphatic heterocycles. The van der Waals surface area contributed by atoms with Crippen LogP contribution in [0.15, 0.2) is 36.5 Å². The molecule has 1 aromatic heterocycles. The van der Waals surface area contributed by atoms with Crippen LogP contribution in [-0.2, 0) is 0 Å². The highest BCUT2D eigenvalue weighted by atomic mass is 35.5. The molecule has 0 fully saturated rings. The molecule has 0 radical (unpaired) electrons. The van der Waals surface area contributed by atoms with Crippen LogP contribution in [0.1, 0.15) is 29.9 Å². The molecule has 0 aliphatic rings. The number of hydrogen-bond acceptors (Lipinski definition) is 3. The second-order valence-electron chi connectivity index (χ2n) is 3.03. The van der Waals surface area contributed by atoms with E-state index in [1.54, 1.807) is 24.3 Å². The van der Waals surface area contributed by atoms with Gasteiger partial charge in [-0.1, -0.05) is 67.4 Å². The Kier molecular flexibility index (Phi) is 5.75. The molecule has 2 rings (SSSR count). The smallest absolute Gasteiger partial charge is 0.214 e. The summed E-state index contributed by atoms with van der Waals surface area (Å²) in [5, 5.41) is 0.177. The standard InChI is InChI=1S/C11H6Cl2N2O.C2H6/c12-8-6-14-9(11(13)15-8)10(16)7-4-2-1-3-5-7;1-2/h1-6H;1-2H3. The highest BCUT2D eigenvalue weighted by Crippen LogP contribution is 2.17. The molecule has 5 heteroatoms. The predicted octanol–water partition coefficient (Wildman–Crippen LogP) is 4.04. The molecule has 18 heavy (non-hydrogen) atoms. The molecule has 0 N–H and O–H groups in total. The molecule has 0 saturated carbocycles. The number of benzene rings is 1. The molecule has 0 spiro atoms. The second-order valence-corrected chi connectivity index (χ2v) is 3.77. The Morgan fingerprint density at radius 2 is 1.72 bits per heavy atom. The van der Waals surface area contributed by atoms with Gasteiger partial charge < -0.3 is 0 Å². The second kappa shape index (κ2) is 7.09. The zero-order chi connectivity index (χ0) is 13.5. The summed E-state index contributed by atoms with van der Waals surface area (Å²) in [6.07, 6.45) is 1.30. The van der Waals surface area contributed by atoms with Crippen molar-refractivity contribution in [3.8, 4) is 0 Å². The first-order chi connectivity index (χ1) is 8.68.